The van der Waals surface area contributed by atoms with Gasteiger partial charge in [-0.3, -0.25) is 0 Å². The van der Waals surface area contributed by atoms with Gasteiger partial charge >= 0.3 is 5.82 Å². The summed E-state index contributed by atoms with van der Waals surface area (Å²) in [5, 5.41) is 23.2. The molecular formula is C15H17N3O4. The van der Waals surface area contributed by atoms with E-state index in [-0.39, 0.29) is 19.0 Å². The first-order valence-electron chi connectivity index (χ1n) is 6.79. The number of rotatable bonds is 8. The van der Waals surface area contributed by atoms with Gasteiger partial charge in [0.1, 0.15) is 0 Å². The smallest absolute Gasteiger partial charge is 0.363 e. The molecule has 116 valence electrons. The van der Waals surface area contributed by atoms with Crippen LogP contribution in [0.5, 0.6) is 0 Å². The molecule has 1 atom stereocenters. The van der Waals surface area contributed by atoms with Gasteiger partial charge in [-0.1, -0.05) is 30.3 Å². The van der Waals surface area contributed by atoms with Crippen LogP contribution in [0.4, 0.5) is 11.5 Å². The second-order valence-electron chi connectivity index (χ2n) is 4.70. The summed E-state index contributed by atoms with van der Waals surface area (Å²) < 4.78 is 5.43. The number of aliphatic hydroxyl groups is 1. The van der Waals surface area contributed by atoms with Crippen LogP contribution >= 0.6 is 0 Å². The van der Waals surface area contributed by atoms with Crippen LogP contribution in [0.25, 0.3) is 0 Å². The largest absolute Gasteiger partial charge is 0.389 e. The fourth-order valence-corrected chi connectivity index (χ4v) is 1.78. The number of benzene rings is 1. The third-order valence-electron chi connectivity index (χ3n) is 2.90. The standard InChI is InChI=1S/C15H17N3O4/c19-14(11-22-10-12-4-2-1-3-5-12)9-16-13-6-7-15(17-8-13)18(20)21/h1-8,14,16,19H,9-11H2/t14-/m0/s1. The lowest BCUT2D eigenvalue weighted by molar-refractivity contribution is -0.389. The first-order valence-corrected chi connectivity index (χ1v) is 6.79. The van der Waals surface area contributed by atoms with Crippen molar-refractivity contribution in [3.05, 3.63) is 64.3 Å². The summed E-state index contributed by atoms with van der Waals surface area (Å²) >= 11 is 0. The molecule has 0 amide bonds. The van der Waals surface area contributed by atoms with Crippen LogP contribution in [0.2, 0.25) is 0 Å². The van der Waals surface area contributed by atoms with Crippen molar-refractivity contribution in [3.8, 4) is 0 Å². The SMILES string of the molecule is O=[N+]([O-])c1ccc(NC[C@H](O)COCc2ccccc2)cn1. The van der Waals surface area contributed by atoms with Crippen LogP contribution in [0.3, 0.4) is 0 Å². The van der Waals surface area contributed by atoms with E-state index in [0.29, 0.717) is 12.3 Å². The Morgan fingerprint density at radius 1 is 1.27 bits per heavy atom. The van der Waals surface area contributed by atoms with E-state index in [1.165, 1.54) is 12.3 Å². The number of aliphatic hydroxyl groups excluding tert-OH is 1. The van der Waals surface area contributed by atoms with E-state index in [1.54, 1.807) is 6.07 Å². The second kappa shape index (κ2) is 8.06. The molecule has 1 aromatic carbocycles. The van der Waals surface area contributed by atoms with Gasteiger partial charge < -0.3 is 25.3 Å². The number of nitro groups is 1. The van der Waals surface area contributed by atoms with Crippen LogP contribution in [-0.2, 0) is 11.3 Å². The van der Waals surface area contributed by atoms with Crippen LogP contribution in [0.1, 0.15) is 5.56 Å². The van der Waals surface area contributed by atoms with E-state index in [1.807, 2.05) is 30.3 Å². The van der Waals surface area contributed by atoms with Crippen molar-refractivity contribution >= 4 is 11.5 Å². The van der Waals surface area contributed by atoms with E-state index < -0.39 is 11.0 Å². The molecule has 1 heterocycles. The van der Waals surface area contributed by atoms with Crippen molar-refractivity contribution in [1.82, 2.24) is 4.98 Å². The highest BCUT2D eigenvalue weighted by atomic mass is 16.6. The zero-order chi connectivity index (χ0) is 15.8. The number of ether oxygens (including phenoxy) is 1. The van der Waals surface area contributed by atoms with E-state index in [0.717, 1.165) is 5.56 Å². The molecule has 2 rings (SSSR count). The van der Waals surface area contributed by atoms with Gasteiger partial charge in [0.05, 0.1) is 25.0 Å². The monoisotopic (exact) mass is 303 g/mol. The summed E-state index contributed by atoms with van der Waals surface area (Å²) in [6.07, 6.45) is 0.675. The topological polar surface area (TPSA) is 97.5 Å². The fraction of sp³-hybridized carbons (Fsp3) is 0.267. The molecule has 0 aliphatic rings. The summed E-state index contributed by atoms with van der Waals surface area (Å²) in [6.45, 7) is 0.910. The summed E-state index contributed by atoms with van der Waals surface area (Å²) in [7, 11) is 0. The highest BCUT2D eigenvalue weighted by Crippen LogP contribution is 2.11. The van der Waals surface area contributed by atoms with E-state index in [4.69, 9.17) is 4.74 Å². The molecule has 0 aliphatic heterocycles. The molecular weight excluding hydrogens is 286 g/mol. The minimum Gasteiger partial charge on any atom is -0.389 e. The molecule has 0 saturated carbocycles. The quantitative estimate of drug-likeness (QED) is 0.571. The van der Waals surface area contributed by atoms with Gasteiger partial charge in [0, 0.05) is 12.6 Å². The number of nitrogens with zero attached hydrogens (tertiary/aromatic N) is 2. The van der Waals surface area contributed by atoms with Gasteiger partial charge in [0.15, 0.2) is 6.20 Å². The van der Waals surface area contributed by atoms with Crippen LogP contribution in [0.15, 0.2) is 48.7 Å². The van der Waals surface area contributed by atoms with Gasteiger partial charge in [-0.25, -0.2) is 0 Å². The van der Waals surface area contributed by atoms with E-state index >= 15 is 0 Å². The average molecular weight is 303 g/mol. The Morgan fingerprint density at radius 2 is 2.05 bits per heavy atom. The summed E-state index contributed by atoms with van der Waals surface area (Å²) in [5.41, 5.74) is 1.65. The second-order valence-corrected chi connectivity index (χ2v) is 4.70. The summed E-state index contributed by atoms with van der Waals surface area (Å²) in [6, 6.07) is 12.5. The van der Waals surface area contributed by atoms with E-state index in [9.17, 15) is 15.2 Å². The van der Waals surface area contributed by atoms with Gasteiger partial charge in [0.2, 0.25) is 0 Å². The number of anilines is 1. The normalized spacial score (nSPS) is 11.9. The fourth-order valence-electron chi connectivity index (χ4n) is 1.78. The van der Waals surface area contributed by atoms with Crippen molar-refractivity contribution < 1.29 is 14.8 Å². The zero-order valence-electron chi connectivity index (χ0n) is 11.9. The molecule has 7 nitrogen and oxygen atoms in total. The predicted octanol–water partition coefficient (Wildman–Crippen LogP) is 1.98. The molecule has 0 radical (unpaired) electrons. The molecule has 0 unspecified atom stereocenters. The van der Waals surface area contributed by atoms with E-state index in [2.05, 4.69) is 10.3 Å². The van der Waals surface area contributed by atoms with Crippen molar-refractivity contribution in [2.45, 2.75) is 12.7 Å². The Hall–Kier alpha value is -2.51. The molecule has 22 heavy (non-hydrogen) atoms. The Morgan fingerprint density at radius 3 is 2.68 bits per heavy atom. The van der Waals surface area contributed by atoms with Crippen LogP contribution in [0, 0.1) is 10.1 Å². The van der Waals surface area contributed by atoms with Crippen LogP contribution < -0.4 is 5.32 Å². The predicted molar refractivity (Wildman–Crippen MR) is 81.5 cm³/mol. The molecule has 0 fully saturated rings. The molecule has 0 saturated heterocycles. The maximum absolute atomic E-state index is 10.5. The van der Waals surface area contributed by atoms with Gasteiger partial charge in [-0.2, -0.15) is 0 Å². The lowest BCUT2D eigenvalue weighted by atomic mass is 10.2. The zero-order valence-corrected chi connectivity index (χ0v) is 11.9. The lowest BCUT2D eigenvalue weighted by Gasteiger charge is -2.12. The molecule has 2 aromatic rings. The highest BCUT2D eigenvalue weighted by molar-refractivity contribution is 5.43. The molecule has 2 N–H and O–H groups in total. The van der Waals surface area contributed by atoms with Crippen molar-refractivity contribution in [1.29, 1.82) is 0 Å². The van der Waals surface area contributed by atoms with Gasteiger partial charge in [0.25, 0.3) is 0 Å². The Kier molecular flexibility index (Phi) is 5.81. The van der Waals surface area contributed by atoms with Crippen molar-refractivity contribution in [3.63, 3.8) is 0 Å². The van der Waals surface area contributed by atoms with Crippen molar-refractivity contribution in [2.24, 2.45) is 0 Å². The summed E-state index contributed by atoms with van der Waals surface area (Å²) in [4.78, 5) is 13.6. The van der Waals surface area contributed by atoms with Crippen molar-refractivity contribution in [2.75, 3.05) is 18.5 Å². The minimum absolute atomic E-state index is 0.197. The first-order chi connectivity index (χ1) is 10.6. The number of hydrogen-bond acceptors (Lipinski definition) is 6. The highest BCUT2D eigenvalue weighted by Gasteiger charge is 2.08. The molecule has 1 aromatic heterocycles. The maximum atomic E-state index is 10.5. The maximum Gasteiger partial charge on any atom is 0.363 e. The lowest BCUT2D eigenvalue weighted by Crippen LogP contribution is -2.24. The number of pyridine rings is 1. The number of nitrogens with one attached hydrogen (secondary N) is 1. The average Bonchev–Trinajstić information content (AvgIpc) is 2.54. The summed E-state index contributed by atoms with van der Waals surface area (Å²) in [5.74, 6) is -0.211. The Balaban J connectivity index is 1.69. The first kappa shape index (κ1) is 15.9. The number of hydrogen-bond donors (Lipinski definition) is 2. The molecule has 0 bridgehead atoms. The third kappa shape index (κ3) is 5.12. The van der Waals surface area contributed by atoms with Gasteiger partial charge in [-0.05, 0) is 21.5 Å². The Bertz CT molecular complexity index is 589. The molecule has 7 heteroatoms. The molecule has 0 aliphatic carbocycles. The molecule has 0 spiro atoms. The Labute approximate surface area is 127 Å². The van der Waals surface area contributed by atoms with Crippen LogP contribution in [-0.4, -0.2) is 34.3 Å². The van der Waals surface area contributed by atoms with Gasteiger partial charge in [-0.15, -0.1) is 0 Å². The number of aromatic nitrogens is 1. The third-order valence-corrected chi connectivity index (χ3v) is 2.90. The minimum atomic E-state index is -0.682.